The van der Waals surface area contributed by atoms with Gasteiger partial charge in [-0.15, -0.1) is 0 Å². The minimum atomic E-state index is -3.61. The second-order valence-electron chi connectivity index (χ2n) is 7.64. The Balaban J connectivity index is 2.14. The molecular weight excluding hydrogens is 368 g/mol. The summed E-state index contributed by atoms with van der Waals surface area (Å²) in [5.74, 6) is -1.33. The summed E-state index contributed by atoms with van der Waals surface area (Å²) in [7, 11) is -3.61. The Morgan fingerprint density at radius 1 is 1.19 bits per heavy atom. The topological polar surface area (TPSA) is 104 Å². The fraction of sp³-hybridized carbons (Fsp3) is 0.579. The van der Waals surface area contributed by atoms with Gasteiger partial charge in [-0.1, -0.05) is 12.5 Å². The van der Waals surface area contributed by atoms with Gasteiger partial charge in [0.25, 0.3) is 5.91 Å². The van der Waals surface area contributed by atoms with Gasteiger partial charge in [0.1, 0.15) is 0 Å². The number of nitrogens with one attached hydrogen (secondary N) is 1. The van der Waals surface area contributed by atoms with Gasteiger partial charge in [0.2, 0.25) is 10.0 Å². The minimum absolute atomic E-state index is 0.117. The van der Waals surface area contributed by atoms with Crippen molar-refractivity contribution in [2.24, 2.45) is 5.41 Å². The first-order valence-corrected chi connectivity index (χ1v) is 10.6. The number of aryl methyl sites for hydroxylation is 1. The van der Waals surface area contributed by atoms with E-state index in [0.29, 0.717) is 24.2 Å². The van der Waals surface area contributed by atoms with Crippen molar-refractivity contribution in [3.05, 3.63) is 29.3 Å². The number of benzene rings is 1. The van der Waals surface area contributed by atoms with Crippen LogP contribution in [-0.4, -0.2) is 49.3 Å². The highest BCUT2D eigenvalue weighted by Gasteiger charge is 2.28. The largest absolute Gasteiger partial charge is 0.481 e. The summed E-state index contributed by atoms with van der Waals surface area (Å²) in [5, 5.41) is 11.8. The van der Waals surface area contributed by atoms with Crippen LogP contribution in [-0.2, 0) is 14.8 Å². The van der Waals surface area contributed by atoms with Crippen molar-refractivity contribution in [2.45, 2.75) is 51.3 Å². The van der Waals surface area contributed by atoms with Gasteiger partial charge < -0.3 is 10.4 Å². The van der Waals surface area contributed by atoms with Crippen molar-refractivity contribution in [3.8, 4) is 0 Å². The maximum Gasteiger partial charge on any atom is 0.309 e. The molecule has 0 spiro atoms. The molecule has 0 radical (unpaired) electrons. The molecule has 1 amide bonds. The molecule has 1 saturated heterocycles. The predicted octanol–water partition coefficient (Wildman–Crippen LogP) is 2.40. The third kappa shape index (κ3) is 5.07. The second kappa shape index (κ2) is 8.39. The molecule has 1 aliphatic rings. The number of carbonyl (C=O) groups is 2. The Labute approximate surface area is 160 Å². The van der Waals surface area contributed by atoms with Crippen LogP contribution in [0.5, 0.6) is 0 Å². The summed E-state index contributed by atoms with van der Waals surface area (Å²) in [5.41, 5.74) is 0.0192. The molecule has 27 heavy (non-hydrogen) atoms. The summed E-state index contributed by atoms with van der Waals surface area (Å²) in [4.78, 5) is 23.8. The van der Waals surface area contributed by atoms with Crippen molar-refractivity contribution in [3.63, 3.8) is 0 Å². The highest BCUT2D eigenvalue weighted by molar-refractivity contribution is 7.89. The lowest BCUT2D eigenvalue weighted by Crippen LogP contribution is -2.36. The van der Waals surface area contributed by atoms with Gasteiger partial charge in [0.05, 0.1) is 10.3 Å². The molecule has 0 aromatic heterocycles. The van der Waals surface area contributed by atoms with E-state index >= 15 is 0 Å². The molecule has 0 unspecified atom stereocenters. The van der Waals surface area contributed by atoms with Gasteiger partial charge in [0, 0.05) is 25.2 Å². The molecule has 0 atom stereocenters. The van der Waals surface area contributed by atoms with E-state index in [1.807, 2.05) is 0 Å². The molecule has 2 N–H and O–H groups in total. The van der Waals surface area contributed by atoms with Crippen LogP contribution in [0.3, 0.4) is 0 Å². The maximum absolute atomic E-state index is 12.8. The number of piperidine rings is 1. The average molecular weight is 397 g/mol. The van der Waals surface area contributed by atoms with E-state index in [-0.39, 0.29) is 17.9 Å². The lowest BCUT2D eigenvalue weighted by Gasteiger charge is -2.26. The molecule has 7 nitrogen and oxygen atoms in total. The molecule has 150 valence electrons. The summed E-state index contributed by atoms with van der Waals surface area (Å²) in [6.45, 7) is 6.13. The van der Waals surface area contributed by atoms with Crippen molar-refractivity contribution in [2.75, 3.05) is 19.6 Å². The van der Waals surface area contributed by atoms with E-state index < -0.39 is 27.3 Å². The number of rotatable bonds is 7. The van der Waals surface area contributed by atoms with Gasteiger partial charge in [-0.2, -0.15) is 4.31 Å². The molecule has 1 aromatic carbocycles. The number of hydrogen-bond acceptors (Lipinski definition) is 4. The fourth-order valence-corrected chi connectivity index (χ4v) is 4.50. The molecule has 1 aromatic rings. The van der Waals surface area contributed by atoms with E-state index in [1.165, 1.54) is 16.4 Å². The Kier molecular flexibility index (Phi) is 6.64. The van der Waals surface area contributed by atoms with Gasteiger partial charge in [-0.05, 0) is 57.7 Å². The molecular formula is C19H28N2O5S. The van der Waals surface area contributed by atoms with Crippen molar-refractivity contribution < 1.29 is 23.1 Å². The summed E-state index contributed by atoms with van der Waals surface area (Å²) in [6, 6.07) is 4.58. The predicted molar refractivity (Wildman–Crippen MR) is 102 cm³/mol. The fourth-order valence-electron chi connectivity index (χ4n) is 2.95. The number of hydrogen-bond donors (Lipinski definition) is 2. The van der Waals surface area contributed by atoms with Crippen LogP contribution >= 0.6 is 0 Å². The summed E-state index contributed by atoms with van der Waals surface area (Å²) in [6.07, 6.45) is 2.99. The highest BCUT2D eigenvalue weighted by Crippen LogP contribution is 2.23. The molecule has 1 fully saturated rings. The van der Waals surface area contributed by atoms with Crippen LogP contribution < -0.4 is 5.32 Å². The Hall–Kier alpha value is -1.93. The van der Waals surface area contributed by atoms with E-state index in [0.717, 1.165) is 19.3 Å². The van der Waals surface area contributed by atoms with Crippen LogP contribution in [0.4, 0.5) is 0 Å². The van der Waals surface area contributed by atoms with Gasteiger partial charge in [-0.25, -0.2) is 8.42 Å². The van der Waals surface area contributed by atoms with Gasteiger partial charge in [0.15, 0.2) is 0 Å². The zero-order chi connectivity index (χ0) is 20.2. The van der Waals surface area contributed by atoms with E-state index in [2.05, 4.69) is 5.32 Å². The first-order chi connectivity index (χ1) is 12.6. The molecule has 0 saturated carbocycles. The van der Waals surface area contributed by atoms with E-state index in [4.69, 9.17) is 5.11 Å². The Morgan fingerprint density at radius 3 is 2.41 bits per heavy atom. The SMILES string of the molecule is Cc1ccc(S(=O)(=O)N2CCCCC2)cc1C(=O)NCCC(C)(C)C(=O)O. The lowest BCUT2D eigenvalue weighted by atomic mass is 9.89. The number of amides is 1. The number of nitrogens with zero attached hydrogens (tertiary/aromatic N) is 1. The van der Waals surface area contributed by atoms with Crippen molar-refractivity contribution in [1.29, 1.82) is 0 Å². The number of carbonyl (C=O) groups excluding carboxylic acids is 1. The second-order valence-corrected chi connectivity index (χ2v) is 9.57. The van der Waals surface area contributed by atoms with Crippen LogP contribution in [0, 0.1) is 12.3 Å². The van der Waals surface area contributed by atoms with E-state index in [1.54, 1.807) is 26.8 Å². The van der Waals surface area contributed by atoms with Crippen LogP contribution in [0.15, 0.2) is 23.1 Å². The number of aliphatic carboxylic acids is 1. The minimum Gasteiger partial charge on any atom is -0.481 e. The summed E-state index contributed by atoms with van der Waals surface area (Å²) < 4.78 is 27.1. The standard InChI is InChI=1S/C19H28N2O5S/c1-14-7-8-15(27(25,26)21-11-5-4-6-12-21)13-16(14)17(22)20-10-9-19(2,3)18(23)24/h7-8,13H,4-6,9-12H2,1-3H3,(H,20,22)(H,23,24). The molecule has 8 heteroatoms. The zero-order valence-corrected chi connectivity index (χ0v) is 16.9. The average Bonchev–Trinajstić information content (AvgIpc) is 2.62. The normalized spacial score (nSPS) is 16.1. The number of sulfonamides is 1. The maximum atomic E-state index is 12.8. The molecule has 2 rings (SSSR count). The molecule has 1 aliphatic heterocycles. The lowest BCUT2D eigenvalue weighted by molar-refractivity contribution is -0.147. The first-order valence-electron chi connectivity index (χ1n) is 9.18. The monoisotopic (exact) mass is 396 g/mol. The molecule has 0 bridgehead atoms. The Morgan fingerprint density at radius 2 is 1.81 bits per heavy atom. The highest BCUT2D eigenvalue weighted by atomic mass is 32.2. The smallest absolute Gasteiger partial charge is 0.309 e. The van der Waals surface area contributed by atoms with Crippen LogP contribution in [0.2, 0.25) is 0 Å². The van der Waals surface area contributed by atoms with Gasteiger partial charge in [-0.3, -0.25) is 9.59 Å². The number of carboxylic acid groups (broad SMARTS) is 1. The van der Waals surface area contributed by atoms with Gasteiger partial charge >= 0.3 is 5.97 Å². The molecule has 0 aliphatic carbocycles. The summed E-state index contributed by atoms with van der Waals surface area (Å²) >= 11 is 0. The third-order valence-electron chi connectivity index (χ3n) is 5.02. The zero-order valence-electron chi connectivity index (χ0n) is 16.1. The van der Waals surface area contributed by atoms with Crippen molar-refractivity contribution in [1.82, 2.24) is 9.62 Å². The quantitative estimate of drug-likeness (QED) is 0.736. The van der Waals surface area contributed by atoms with E-state index in [9.17, 15) is 18.0 Å². The van der Waals surface area contributed by atoms with Crippen molar-refractivity contribution >= 4 is 21.9 Å². The molecule has 1 heterocycles. The van der Waals surface area contributed by atoms with Crippen LogP contribution in [0.1, 0.15) is 55.5 Å². The third-order valence-corrected chi connectivity index (χ3v) is 6.92. The van der Waals surface area contributed by atoms with Crippen LogP contribution in [0.25, 0.3) is 0 Å². The first kappa shape index (κ1) is 21.4. The number of carboxylic acids is 1. The Bertz CT molecular complexity index is 811.